The van der Waals surface area contributed by atoms with Gasteiger partial charge in [-0.25, -0.2) is 0 Å². The number of benzene rings is 1. The predicted molar refractivity (Wildman–Crippen MR) is 110 cm³/mol. The monoisotopic (exact) mass is 456 g/mol. The quantitative estimate of drug-likeness (QED) is 0.256. The maximum atomic E-state index is 13.2. The van der Waals surface area contributed by atoms with Crippen molar-refractivity contribution in [2.24, 2.45) is 0 Å². The molecule has 2 N–H and O–H groups in total. The van der Waals surface area contributed by atoms with E-state index in [2.05, 4.69) is 10.1 Å². The standard InChI is InChI=1S/C21H18FN4O5P/c1-32(27,28)31-26-11-3-4-17(21(26)23)18-13-15(25-30-18)12-14-7-9-16(10-8-14)29-20-6-2-5-19(22)24-20/h2-11,13,23H,12H2,1H3,(H,27,28). The molecule has 0 saturated carbocycles. The zero-order valence-electron chi connectivity index (χ0n) is 16.8. The van der Waals surface area contributed by atoms with Gasteiger partial charge < -0.3 is 14.2 Å². The molecule has 0 saturated heterocycles. The van der Waals surface area contributed by atoms with Crippen LogP contribution in [0.15, 0.2) is 71.4 Å². The van der Waals surface area contributed by atoms with Crippen LogP contribution in [0.2, 0.25) is 0 Å². The van der Waals surface area contributed by atoms with Crippen LogP contribution in [-0.4, -0.2) is 16.8 Å². The molecule has 3 heterocycles. The summed E-state index contributed by atoms with van der Waals surface area (Å²) in [6.45, 7) is 0.948. The van der Waals surface area contributed by atoms with Gasteiger partial charge in [0.25, 0.3) is 0 Å². The Morgan fingerprint density at radius 2 is 1.97 bits per heavy atom. The first-order valence-electron chi connectivity index (χ1n) is 9.41. The predicted octanol–water partition coefficient (Wildman–Crippen LogP) is 2.74. The van der Waals surface area contributed by atoms with Crippen molar-refractivity contribution in [3.8, 4) is 23.0 Å². The molecule has 164 valence electrons. The minimum absolute atomic E-state index is 0.0561. The van der Waals surface area contributed by atoms with Crippen molar-refractivity contribution in [1.29, 1.82) is 0 Å². The molecule has 0 spiro atoms. The number of halogens is 1. The molecule has 0 radical (unpaired) electrons. The van der Waals surface area contributed by atoms with E-state index in [1.165, 1.54) is 18.3 Å². The van der Waals surface area contributed by atoms with Crippen molar-refractivity contribution >= 4 is 13.4 Å². The summed E-state index contributed by atoms with van der Waals surface area (Å²) >= 11 is 0. The number of nitrogens with zero attached hydrogens (tertiary/aromatic N) is 3. The van der Waals surface area contributed by atoms with Crippen LogP contribution in [-0.2, 0) is 11.0 Å². The van der Waals surface area contributed by atoms with Crippen LogP contribution in [0.5, 0.6) is 11.6 Å². The van der Waals surface area contributed by atoms with Gasteiger partial charge >= 0.3 is 5.82 Å². The largest absolute Gasteiger partial charge is 0.766 e. The third-order valence-electron chi connectivity index (χ3n) is 4.28. The average Bonchev–Trinajstić information content (AvgIpc) is 3.18. The van der Waals surface area contributed by atoms with E-state index in [0.717, 1.165) is 17.0 Å². The third-order valence-corrected chi connectivity index (χ3v) is 4.75. The maximum Gasteiger partial charge on any atom is 0.323 e. The summed E-state index contributed by atoms with van der Waals surface area (Å²) in [5, 5.41) is 4.05. The van der Waals surface area contributed by atoms with Crippen molar-refractivity contribution in [3.63, 3.8) is 0 Å². The topological polar surface area (TPSA) is 127 Å². The highest BCUT2D eigenvalue weighted by atomic mass is 31.2. The molecule has 4 aromatic rings. The zero-order chi connectivity index (χ0) is 22.7. The minimum atomic E-state index is -4.04. The second-order valence-corrected chi connectivity index (χ2v) is 8.60. The second-order valence-electron chi connectivity index (χ2n) is 6.89. The molecule has 0 aliphatic rings. The first-order chi connectivity index (χ1) is 15.3. The summed E-state index contributed by atoms with van der Waals surface area (Å²) in [6.07, 6.45) is 1.85. The number of anilines is 1. The van der Waals surface area contributed by atoms with Crippen LogP contribution < -0.4 is 24.7 Å². The number of nitrogen functional groups attached to an aromatic ring is 1. The fourth-order valence-corrected chi connectivity index (χ4v) is 3.38. The highest BCUT2D eigenvalue weighted by Gasteiger charge is 2.20. The van der Waals surface area contributed by atoms with Crippen LogP contribution >= 0.6 is 7.60 Å². The second kappa shape index (κ2) is 8.78. The van der Waals surface area contributed by atoms with Crippen molar-refractivity contribution in [2.45, 2.75) is 6.42 Å². The lowest BCUT2D eigenvalue weighted by Crippen LogP contribution is -2.45. The summed E-state index contributed by atoms with van der Waals surface area (Å²) in [6, 6.07) is 16.4. The van der Waals surface area contributed by atoms with E-state index >= 15 is 0 Å². The SMILES string of the molecule is CP(=O)([O-])O[n+]1cccc(-c2cc(Cc3ccc(Oc4cccc(F)n4)cc3)no2)c1N. The van der Waals surface area contributed by atoms with E-state index in [1.54, 1.807) is 36.4 Å². The number of ether oxygens (including phenoxy) is 1. The maximum absolute atomic E-state index is 13.2. The molecular formula is C21H18FN4O5P. The Kier molecular flexibility index (Phi) is 5.89. The van der Waals surface area contributed by atoms with Crippen molar-refractivity contribution in [2.75, 3.05) is 12.4 Å². The van der Waals surface area contributed by atoms with Crippen LogP contribution in [0, 0.1) is 5.95 Å². The molecule has 0 bridgehead atoms. The zero-order valence-corrected chi connectivity index (χ0v) is 17.7. The van der Waals surface area contributed by atoms with Gasteiger partial charge in [-0.1, -0.05) is 23.4 Å². The highest BCUT2D eigenvalue weighted by molar-refractivity contribution is 7.50. The van der Waals surface area contributed by atoms with E-state index in [1.807, 2.05) is 12.1 Å². The molecule has 3 aromatic heterocycles. The average molecular weight is 456 g/mol. The molecule has 9 nitrogen and oxygen atoms in total. The van der Waals surface area contributed by atoms with Crippen molar-refractivity contribution < 1.29 is 32.5 Å². The number of hydrogen-bond acceptors (Lipinski definition) is 8. The Balaban J connectivity index is 1.47. The van der Waals surface area contributed by atoms with Gasteiger partial charge in [0.2, 0.25) is 19.4 Å². The van der Waals surface area contributed by atoms with Gasteiger partial charge in [-0.15, -0.1) is 0 Å². The molecule has 0 fully saturated rings. The van der Waals surface area contributed by atoms with Gasteiger partial charge in [0, 0.05) is 25.2 Å². The minimum Gasteiger partial charge on any atom is -0.766 e. The summed E-state index contributed by atoms with van der Waals surface area (Å²) < 4.78 is 41.3. The summed E-state index contributed by atoms with van der Waals surface area (Å²) in [5.41, 5.74) is 8.03. The van der Waals surface area contributed by atoms with Gasteiger partial charge in [0.1, 0.15) is 17.5 Å². The summed E-state index contributed by atoms with van der Waals surface area (Å²) in [5.74, 6) is 0.483. The number of pyridine rings is 2. The Labute approximate surface area is 182 Å². The molecular weight excluding hydrogens is 438 g/mol. The fraction of sp³-hybridized carbons (Fsp3) is 0.0952. The molecule has 4 rings (SSSR count). The highest BCUT2D eigenvalue weighted by Crippen LogP contribution is 2.28. The third kappa shape index (κ3) is 5.29. The number of nitrogens with two attached hydrogens (primary N) is 1. The molecule has 1 unspecified atom stereocenters. The summed E-state index contributed by atoms with van der Waals surface area (Å²) in [7, 11) is -4.04. The van der Waals surface area contributed by atoms with Crippen molar-refractivity contribution in [1.82, 2.24) is 10.1 Å². The first-order valence-corrected chi connectivity index (χ1v) is 11.4. The summed E-state index contributed by atoms with van der Waals surface area (Å²) in [4.78, 5) is 15.1. The lowest BCUT2D eigenvalue weighted by molar-refractivity contribution is -0.850. The molecule has 32 heavy (non-hydrogen) atoms. The fourth-order valence-electron chi connectivity index (χ4n) is 2.91. The number of hydrogen-bond donors (Lipinski definition) is 1. The molecule has 0 aliphatic carbocycles. The Morgan fingerprint density at radius 1 is 1.19 bits per heavy atom. The van der Waals surface area contributed by atoms with Crippen LogP contribution in [0.25, 0.3) is 11.3 Å². The van der Waals surface area contributed by atoms with E-state index in [-0.39, 0.29) is 11.7 Å². The van der Waals surface area contributed by atoms with E-state index in [9.17, 15) is 13.8 Å². The van der Waals surface area contributed by atoms with Crippen LogP contribution in [0.4, 0.5) is 10.2 Å². The van der Waals surface area contributed by atoms with Gasteiger partial charge in [-0.3, -0.25) is 14.9 Å². The Bertz CT molecular complexity index is 1290. The molecule has 0 amide bonds. The molecule has 11 heteroatoms. The Hall–Kier alpha value is -3.75. The van der Waals surface area contributed by atoms with Crippen LogP contribution in [0.3, 0.4) is 0 Å². The van der Waals surface area contributed by atoms with Gasteiger partial charge in [-0.2, -0.15) is 9.37 Å². The molecule has 1 atom stereocenters. The van der Waals surface area contributed by atoms with Crippen LogP contribution in [0.1, 0.15) is 11.3 Å². The number of rotatable bonds is 7. The smallest absolute Gasteiger partial charge is 0.323 e. The molecule has 0 aliphatic heterocycles. The molecule has 1 aromatic carbocycles. The van der Waals surface area contributed by atoms with E-state index < -0.39 is 13.5 Å². The Morgan fingerprint density at radius 3 is 2.69 bits per heavy atom. The lowest BCUT2D eigenvalue weighted by Gasteiger charge is -2.16. The van der Waals surface area contributed by atoms with Gasteiger partial charge in [-0.05, 0) is 40.6 Å². The first kappa shape index (κ1) is 21.5. The van der Waals surface area contributed by atoms with E-state index in [0.29, 0.717) is 29.2 Å². The normalized spacial score (nSPS) is 12.8. The lowest BCUT2D eigenvalue weighted by atomic mass is 10.1. The van der Waals surface area contributed by atoms with Gasteiger partial charge in [0.15, 0.2) is 5.76 Å². The van der Waals surface area contributed by atoms with Crippen molar-refractivity contribution in [3.05, 3.63) is 84.1 Å². The number of aromatic nitrogens is 3. The van der Waals surface area contributed by atoms with Gasteiger partial charge in [0.05, 0.1) is 5.69 Å². The van der Waals surface area contributed by atoms with E-state index in [4.69, 9.17) is 19.6 Å².